The molecule has 0 saturated carbocycles. The number of carbonyl (C=O) groups excluding carboxylic acids is 5. The number of H-pyrrole nitrogens is 1. The van der Waals surface area contributed by atoms with Crippen molar-refractivity contribution in [3.05, 3.63) is 36.0 Å². The molecule has 38 heavy (non-hydrogen) atoms. The van der Waals surface area contributed by atoms with Crippen LogP contribution in [0.4, 0.5) is 0 Å². The van der Waals surface area contributed by atoms with Crippen LogP contribution in [0.3, 0.4) is 0 Å². The van der Waals surface area contributed by atoms with Gasteiger partial charge in [0.1, 0.15) is 12.1 Å². The Bertz CT molecular complexity index is 1170. The SMILES string of the molecule is CNC(=O)[C@H](Cc1c[nH]c2ccccc12)NC(=O)CNC(=O)C(CCCN=C(N)N)NC(=O)CNC(C)=O. The first-order valence-corrected chi connectivity index (χ1v) is 12.0. The number of aromatic amines is 1. The van der Waals surface area contributed by atoms with E-state index in [1.807, 2.05) is 24.3 Å². The number of rotatable bonds is 14. The number of fused-ring (bicyclic) bond motifs is 1. The van der Waals surface area contributed by atoms with Crippen molar-refractivity contribution in [1.82, 2.24) is 31.6 Å². The van der Waals surface area contributed by atoms with Crippen molar-refractivity contribution in [1.29, 1.82) is 0 Å². The molecule has 10 N–H and O–H groups in total. The molecular weight excluding hydrogens is 494 g/mol. The molecule has 0 aliphatic rings. The molecule has 206 valence electrons. The molecule has 0 bridgehead atoms. The van der Waals surface area contributed by atoms with Crippen LogP contribution in [0.1, 0.15) is 25.3 Å². The molecule has 2 aromatic rings. The van der Waals surface area contributed by atoms with E-state index in [9.17, 15) is 24.0 Å². The Kier molecular flexibility index (Phi) is 11.5. The second-order valence-corrected chi connectivity index (χ2v) is 8.49. The van der Waals surface area contributed by atoms with Gasteiger partial charge < -0.3 is 43.0 Å². The van der Waals surface area contributed by atoms with Gasteiger partial charge in [0.05, 0.1) is 13.1 Å². The zero-order valence-corrected chi connectivity index (χ0v) is 21.4. The summed E-state index contributed by atoms with van der Waals surface area (Å²) in [5.41, 5.74) is 12.4. The fourth-order valence-electron chi connectivity index (χ4n) is 3.66. The summed E-state index contributed by atoms with van der Waals surface area (Å²) in [6.45, 7) is 0.757. The number of benzene rings is 1. The van der Waals surface area contributed by atoms with E-state index in [1.54, 1.807) is 6.20 Å². The lowest BCUT2D eigenvalue weighted by Gasteiger charge is -2.20. The van der Waals surface area contributed by atoms with Crippen LogP contribution in [-0.4, -0.2) is 79.2 Å². The van der Waals surface area contributed by atoms with E-state index in [1.165, 1.54) is 14.0 Å². The summed E-state index contributed by atoms with van der Waals surface area (Å²) in [5.74, 6) is -2.67. The third kappa shape index (κ3) is 9.79. The van der Waals surface area contributed by atoms with E-state index >= 15 is 0 Å². The molecule has 0 radical (unpaired) electrons. The van der Waals surface area contributed by atoms with E-state index in [-0.39, 0.29) is 31.9 Å². The van der Waals surface area contributed by atoms with Crippen LogP contribution in [0.15, 0.2) is 35.5 Å². The normalized spacial score (nSPS) is 12.1. The second kappa shape index (κ2) is 14.8. The Balaban J connectivity index is 1.98. The number of hydrogen-bond acceptors (Lipinski definition) is 6. The highest BCUT2D eigenvalue weighted by atomic mass is 16.2. The zero-order chi connectivity index (χ0) is 28.1. The van der Waals surface area contributed by atoms with Gasteiger partial charge in [0.15, 0.2) is 5.96 Å². The number of amides is 5. The Morgan fingerprint density at radius 1 is 0.947 bits per heavy atom. The topological polar surface area (TPSA) is 226 Å². The van der Waals surface area contributed by atoms with Crippen LogP contribution in [-0.2, 0) is 30.4 Å². The van der Waals surface area contributed by atoms with Crippen molar-refractivity contribution in [2.75, 3.05) is 26.7 Å². The lowest BCUT2D eigenvalue weighted by Crippen LogP contribution is -2.53. The predicted octanol–water partition coefficient (Wildman–Crippen LogP) is -2.27. The zero-order valence-electron chi connectivity index (χ0n) is 21.4. The third-order valence-electron chi connectivity index (χ3n) is 5.52. The van der Waals surface area contributed by atoms with Gasteiger partial charge in [-0.3, -0.25) is 29.0 Å². The van der Waals surface area contributed by atoms with Crippen LogP contribution in [0.2, 0.25) is 0 Å². The maximum atomic E-state index is 12.8. The summed E-state index contributed by atoms with van der Waals surface area (Å²) < 4.78 is 0. The number of para-hydroxylation sites is 1. The van der Waals surface area contributed by atoms with Crippen molar-refractivity contribution in [3.63, 3.8) is 0 Å². The molecular formula is C24H35N9O5. The number of aromatic nitrogens is 1. The third-order valence-corrected chi connectivity index (χ3v) is 5.52. The maximum Gasteiger partial charge on any atom is 0.243 e. The van der Waals surface area contributed by atoms with E-state index in [4.69, 9.17) is 11.5 Å². The number of guanidine groups is 1. The van der Waals surface area contributed by atoms with E-state index in [0.717, 1.165) is 16.5 Å². The number of likely N-dealkylation sites (N-methyl/N-ethyl adjacent to an activating group) is 1. The van der Waals surface area contributed by atoms with E-state index in [0.29, 0.717) is 6.42 Å². The van der Waals surface area contributed by atoms with Crippen LogP contribution >= 0.6 is 0 Å². The molecule has 5 amide bonds. The standard InChI is InChI=1S/C24H35N9O5/c1-14(34)29-12-20(35)32-18(8-5-9-28-24(25)26)23(38)31-13-21(36)33-19(22(37)27-2)10-15-11-30-17-7-4-3-6-16(15)17/h3-4,6-7,11,18-19,30H,5,8-10,12-13H2,1-2H3,(H,27,37)(H,29,34)(H,31,38)(H,32,35)(H,33,36)(H4,25,26,28)/t18?,19-/m0/s1. The summed E-state index contributed by atoms with van der Waals surface area (Å²) in [5, 5.41) is 13.5. The summed E-state index contributed by atoms with van der Waals surface area (Å²) in [6.07, 6.45) is 2.56. The van der Waals surface area contributed by atoms with E-state index in [2.05, 4.69) is 36.6 Å². The van der Waals surface area contributed by atoms with Crippen molar-refractivity contribution in [2.24, 2.45) is 16.5 Å². The Morgan fingerprint density at radius 3 is 2.26 bits per heavy atom. The molecule has 1 aromatic carbocycles. The first-order valence-electron chi connectivity index (χ1n) is 12.0. The molecule has 0 fully saturated rings. The average molecular weight is 530 g/mol. The van der Waals surface area contributed by atoms with Gasteiger partial charge in [-0.2, -0.15) is 0 Å². The minimum Gasteiger partial charge on any atom is -0.370 e. The molecule has 2 rings (SSSR count). The number of nitrogens with two attached hydrogens (primary N) is 2. The highest BCUT2D eigenvalue weighted by Gasteiger charge is 2.24. The molecule has 14 nitrogen and oxygen atoms in total. The van der Waals surface area contributed by atoms with Gasteiger partial charge >= 0.3 is 0 Å². The number of aliphatic imine (C=N–C) groups is 1. The first kappa shape index (κ1) is 29.6. The Morgan fingerprint density at radius 2 is 1.61 bits per heavy atom. The lowest BCUT2D eigenvalue weighted by atomic mass is 10.0. The van der Waals surface area contributed by atoms with Gasteiger partial charge in [0.25, 0.3) is 0 Å². The van der Waals surface area contributed by atoms with Crippen molar-refractivity contribution < 1.29 is 24.0 Å². The number of hydrogen-bond donors (Lipinski definition) is 8. The molecule has 2 atom stereocenters. The number of carbonyl (C=O) groups is 5. The number of nitrogens with one attached hydrogen (secondary N) is 6. The monoisotopic (exact) mass is 529 g/mol. The fraction of sp³-hybridized carbons (Fsp3) is 0.417. The largest absolute Gasteiger partial charge is 0.370 e. The van der Waals surface area contributed by atoms with Crippen molar-refractivity contribution in [3.8, 4) is 0 Å². The van der Waals surface area contributed by atoms with Crippen LogP contribution in [0, 0.1) is 0 Å². The average Bonchev–Trinajstić information content (AvgIpc) is 3.29. The summed E-state index contributed by atoms with van der Waals surface area (Å²) >= 11 is 0. The van der Waals surface area contributed by atoms with Gasteiger partial charge in [-0.05, 0) is 24.5 Å². The molecule has 1 aromatic heterocycles. The summed E-state index contributed by atoms with van der Waals surface area (Å²) in [6, 6.07) is 5.71. The summed E-state index contributed by atoms with van der Waals surface area (Å²) in [4.78, 5) is 68.0. The van der Waals surface area contributed by atoms with Crippen molar-refractivity contribution in [2.45, 2.75) is 38.3 Å². The lowest BCUT2D eigenvalue weighted by molar-refractivity contribution is -0.131. The van der Waals surface area contributed by atoms with Crippen molar-refractivity contribution >= 4 is 46.4 Å². The van der Waals surface area contributed by atoms with Crippen LogP contribution in [0.5, 0.6) is 0 Å². The quantitative estimate of drug-likeness (QED) is 0.0760. The Hall–Kier alpha value is -4.62. The first-order chi connectivity index (χ1) is 18.1. The van der Waals surface area contributed by atoms with E-state index < -0.39 is 48.2 Å². The molecule has 0 saturated heterocycles. The molecule has 1 heterocycles. The predicted molar refractivity (Wildman–Crippen MR) is 142 cm³/mol. The molecule has 0 aliphatic heterocycles. The van der Waals surface area contributed by atoms with Gasteiger partial charge in [-0.1, -0.05) is 18.2 Å². The molecule has 14 heteroatoms. The van der Waals surface area contributed by atoms with Gasteiger partial charge in [-0.25, -0.2) is 0 Å². The van der Waals surface area contributed by atoms with Gasteiger partial charge in [0, 0.05) is 44.0 Å². The molecule has 0 spiro atoms. The van der Waals surface area contributed by atoms with Gasteiger partial charge in [0.2, 0.25) is 29.5 Å². The summed E-state index contributed by atoms with van der Waals surface area (Å²) in [7, 11) is 1.47. The second-order valence-electron chi connectivity index (χ2n) is 8.49. The van der Waals surface area contributed by atoms with Crippen LogP contribution in [0.25, 0.3) is 10.9 Å². The Labute approximate surface area is 219 Å². The fourth-order valence-corrected chi connectivity index (χ4v) is 3.66. The number of nitrogens with zero attached hydrogens (tertiary/aromatic N) is 1. The minimum atomic E-state index is -1.00. The highest BCUT2D eigenvalue weighted by Crippen LogP contribution is 2.19. The highest BCUT2D eigenvalue weighted by molar-refractivity contribution is 5.93. The molecule has 1 unspecified atom stereocenters. The van der Waals surface area contributed by atoms with Gasteiger partial charge in [-0.15, -0.1) is 0 Å². The molecule has 0 aliphatic carbocycles. The smallest absolute Gasteiger partial charge is 0.243 e. The maximum absolute atomic E-state index is 12.8. The minimum absolute atomic E-state index is 0.101. The van der Waals surface area contributed by atoms with Crippen LogP contribution < -0.4 is 38.1 Å².